The standard InChI is InChI=1S/C17H21F3N2O4/c1-6-26-16(24)21-14-9-12(15(23)25-5)7-8-13(14)10(2)22(4)11(3)17(18,19)20/h7-10H,3,6H2,1-2,4-5H3,(H,21,24)/t10-/m1/s1. The molecule has 1 aromatic carbocycles. The van der Waals surface area contributed by atoms with Crippen molar-refractivity contribution in [3.63, 3.8) is 0 Å². The normalized spacial score (nSPS) is 12.1. The van der Waals surface area contributed by atoms with Gasteiger partial charge >= 0.3 is 18.2 Å². The van der Waals surface area contributed by atoms with E-state index in [2.05, 4.69) is 16.6 Å². The molecule has 0 bridgehead atoms. The molecule has 0 unspecified atom stereocenters. The molecule has 1 amide bonds. The van der Waals surface area contributed by atoms with Crippen molar-refractivity contribution in [2.24, 2.45) is 0 Å². The van der Waals surface area contributed by atoms with Crippen LogP contribution in [-0.4, -0.2) is 43.9 Å². The summed E-state index contributed by atoms with van der Waals surface area (Å²) in [6.45, 7) is 6.30. The Morgan fingerprint density at radius 1 is 1.35 bits per heavy atom. The lowest BCUT2D eigenvalue weighted by Crippen LogP contribution is -2.30. The van der Waals surface area contributed by atoms with Gasteiger partial charge in [0.05, 0.1) is 31.0 Å². The Bertz CT molecular complexity index is 689. The lowest BCUT2D eigenvalue weighted by Gasteiger charge is -2.31. The zero-order valence-corrected chi connectivity index (χ0v) is 14.9. The van der Waals surface area contributed by atoms with Gasteiger partial charge in [-0.25, -0.2) is 9.59 Å². The van der Waals surface area contributed by atoms with Gasteiger partial charge in [0, 0.05) is 7.05 Å². The summed E-state index contributed by atoms with van der Waals surface area (Å²) in [5.41, 5.74) is -0.420. The van der Waals surface area contributed by atoms with Gasteiger partial charge in [-0.05, 0) is 31.5 Å². The van der Waals surface area contributed by atoms with E-state index in [0.29, 0.717) is 5.56 Å². The zero-order chi connectivity index (χ0) is 20.1. The molecule has 0 radical (unpaired) electrons. The minimum absolute atomic E-state index is 0.109. The number of carbonyl (C=O) groups is 2. The van der Waals surface area contributed by atoms with Crippen LogP contribution in [0.25, 0.3) is 0 Å². The number of allylic oxidation sites excluding steroid dienone is 1. The van der Waals surface area contributed by atoms with Crippen molar-refractivity contribution >= 4 is 17.7 Å². The molecule has 1 aromatic rings. The fourth-order valence-electron chi connectivity index (χ4n) is 2.19. The van der Waals surface area contributed by atoms with Gasteiger partial charge in [0.2, 0.25) is 0 Å². The van der Waals surface area contributed by atoms with Crippen molar-refractivity contribution < 1.29 is 32.2 Å². The number of anilines is 1. The number of hydrogen-bond acceptors (Lipinski definition) is 5. The predicted octanol–water partition coefficient (Wildman–Crippen LogP) is 4.11. The number of alkyl halides is 3. The van der Waals surface area contributed by atoms with Crippen LogP contribution in [-0.2, 0) is 9.47 Å². The molecule has 1 atom stereocenters. The maximum atomic E-state index is 12.9. The van der Waals surface area contributed by atoms with Crippen LogP contribution >= 0.6 is 0 Å². The number of nitrogens with one attached hydrogen (secondary N) is 1. The molecule has 6 nitrogen and oxygen atoms in total. The van der Waals surface area contributed by atoms with E-state index in [4.69, 9.17) is 4.74 Å². The van der Waals surface area contributed by atoms with Gasteiger partial charge in [-0.3, -0.25) is 5.32 Å². The first-order chi connectivity index (χ1) is 12.0. The van der Waals surface area contributed by atoms with Gasteiger partial charge in [0.15, 0.2) is 0 Å². The van der Waals surface area contributed by atoms with Crippen molar-refractivity contribution in [1.29, 1.82) is 0 Å². The van der Waals surface area contributed by atoms with Crippen molar-refractivity contribution in [3.8, 4) is 0 Å². The number of carbonyl (C=O) groups excluding carboxylic acids is 2. The highest BCUT2D eigenvalue weighted by Gasteiger charge is 2.36. The molecule has 0 aliphatic carbocycles. The first-order valence-electron chi connectivity index (χ1n) is 7.67. The van der Waals surface area contributed by atoms with E-state index in [1.165, 1.54) is 39.3 Å². The van der Waals surface area contributed by atoms with Crippen LogP contribution in [0.3, 0.4) is 0 Å². The molecule has 9 heteroatoms. The van der Waals surface area contributed by atoms with E-state index in [1.807, 2.05) is 0 Å². The molecular weight excluding hydrogens is 353 g/mol. The first-order valence-corrected chi connectivity index (χ1v) is 7.67. The Morgan fingerprint density at radius 2 is 1.96 bits per heavy atom. The summed E-state index contributed by atoms with van der Waals surface area (Å²) in [5.74, 6) is -0.649. The molecular formula is C17H21F3N2O4. The first kappa shape index (κ1) is 21.3. The van der Waals surface area contributed by atoms with Crippen LogP contribution in [0.4, 0.5) is 23.7 Å². The summed E-state index contributed by atoms with van der Waals surface area (Å²) in [6, 6.07) is 3.36. The molecule has 0 aliphatic heterocycles. The second-order valence-electron chi connectivity index (χ2n) is 5.37. The summed E-state index contributed by atoms with van der Waals surface area (Å²) in [4.78, 5) is 24.4. The van der Waals surface area contributed by atoms with E-state index < -0.39 is 30.0 Å². The molecule has 0 saturated heterocycles. The molecule has 1 N–H and O–H groups in total. The van der Waals surface area contributed by atoms with E-state index in [1.54, 1.807) is 6.92 Å². The molecule has 0 heterocycles. The largest absolute Gasteiger partial charge is 0.465 e. The second-order valence-corrected chi connectivity index (χ2v) is 5.37. The maximum absolute atomic E-state index is 12.9. The topological polar surface area (TPSA) is 67.9 Å². The van der Waals surface area contributed by atoms with Gasteiger partial charge in [0.25, 0.3) is 0 Å². The molecule has 144 valence electrons. The van der Waals surface area contributed by atoms with Gasteiger partial charge in [-0.15, -0.1) is 0 Å². The number of halogens is 3. The number of rotatable bonds is 6. The lowest BCUT2D eigenvalue weighted by molar-refractivity contribution is -0.111. The second kappa shape index (κ2) is 8.59. The maximum Gasteiger partial charge on any atom is 0.430 e. The van der Waals surface area contributed by atoms with E-state index >= 15 is 0 Å². The minimum atomic E-state index is -4.59. The van der Waals surface area contributed by atoms with E-state index in [-0.39, 0.29) is 17.9 Å². The van der Waals surface area contributed by atoms with Crippen molar-refractivity contribution in [1.82, 2.24) is 4.90 Å². The highest BCUT2D eigenvalue weighted by molar-refractivity contribution is 5.93. The van der Waals surface area contributed by atoms with Gasteiger partial charge in [0.1, 0.15) is 5.70 Å². The SMILES string of the molecule is C=C(N(C)[C@H](C)c1ccc(C(=O)OC)cc1NC(=O)OCC)C(F)(F)F. The van der Waals surface area contributed by atoms with E-state index in [9.17, 15) is 22.8 Å². The highest BCUT2D eigenvalue weighted by Crippen LogP contribution is 2.35. The van der Waals surface area contributed by atoms with Crippen LogP contribution in [0.15, 0.2) is 30.5 Å². The quantitative estimate of drug-likeness (QED) is 0.759. The molecule has 0 fully saturated rings. The molecule has 0 aromatic heterocycles. The third-order valence-electron chi connectivity index (χ3n) is 3.77. The highest BCUT2D eigenvalue weighted by atomic mass is 19.4. The number of methoxy groups -OCH3 is 1. The Labute approximate surface area is 149 Å². The van der Waals surface area contributed by atoms with Crippen LogP contribution in [0.5, 0.6) is 0 Å². The smallest absolute Gasteiger partial charge is 0.430 e. The van der Waals surface area contributed by atoms with Crippen molar-refractivity contribution in [2.45, 2.75) is 26.1 Å². The Hall–Kier alpha value is -2.71. The number of ether oxygens (including phenoxy) is 2. The number of benzene rings is 1. The summed E-state index contributed by atoms with van der Waals surface area (Å²) in [7, 11) is 2.43. The molecule has 0 saturated carbocycles. The fourth-order valence-corrected chi connectivity index (χ4v) is 2.19. The predicted molar refractivity (Wildman–Crippen MR) is 89.8 cm³/mol. The Morgan fingerprint density at radius 3 is 2.46 bits per heavy atom. The minimum Gasteiger partial charge on any atom is -0.465 e. The fraction of sp³-hybridized carbons (Fsp3) is 0.412. The third kappa shape index (κ3) is 5.14. The number of hydrogen-bond donors (Lipinski definition) is 1. The van der Waals surface area contributed by atoms with Crippen LogP contribution < -0.4 is 5.32 Å². The number of nitrogens with zero attached hydrogens (tertiary/aromatic N) is 1. The van der Waals surface area contributed by atoms with Crippen molar-refractivity contribution in [3.05, 3.63) is 41.6 Å². The summed E-state index contributed by atoms with van der Waals surface area (Å²) in [6.07, 6.45) is -5.38. The van der Waals surface area contributed by atoms with Gasteiger partial charge in [-0.1, -0.05) is 12.6 Å². The zero-order valence-electron chi connectivity index (χ0n) is 14.9. The summed E-state index contributed by atoms with van der Waals surface area (Å²) >= 11 is 0. The average Bonchev–Trinajstić information content (AvgIpc) is 2.58. The van der Waals surface area contributed by atoms with Crippen LogP contribution in [0, 0.1) is 0 Å². The van der Waals surface area contributed by atoms with Gasteiger partial charge in [-0.2, -0.15) is 13.2 Å². The Kier molecular flexibility index (Phi) is 7.05. The molecule has 26 heavy (non-hydrogen) atoms. The summed E-state index contributed by atoms with van der Waals surface area (Å²) in [5, 5.41) is 2.44. The lowest BCUT2D eigenvalue weighted by atomic mass is 10.0. The molecule has 1 rings (SSSR count). The molecule has 0 aliphatic rings. The van der Waals surface area contributed by atoms with Crippen molar-refractivity contribution in [2.75, 3.05) is 26.1 Å². The number of amides is 1. The summed E-state index contributed by atoms with van der Waals surface area (Å²) < 4.78 is 48.1. The van der Waals surface area contributed by atoms with Gasteiger partial charge < -0.3 is 14.4 Å². The monoisotopic (exact) mass is 374 g/mol. The third-order valence-corrected chi connectivity index (χ3v) is 3.77. The van der Waals surface area contributed by atoms with E-state index in [0.717, 1.165) is 4.90 Å². The van der Waals surface area contributed by atoms with Crippen LogP contribution in [0.1, 0.15) is 35.8 Å². The Balaban J connectivity index is 3.28. The average molecular weight is 374 g/mol. The molecule has 0 spiro atoms. The number of esters is 1. The van der Waals surface area contributed by atoms with Crippen LogP contribution in [0.2, 0.25) is 0 Å².